The summed E-state index contributed by atoms with van der Waals surface area (Å²) in [7, 11) is 0. The Labute approximate surface area is 112 Å². The molecule has 1 rings (SSSR count). The molecule has 0 aromatic heterocycles. The molecule has 0 radical (unpaired) electrons. The number of carboxylic acid groups (broad SMARTS) is 1. The number of nitrogens with one attached hydrogen (secondary N) is 1. The van der Waals surface area contributed by atoms with E-state index in [-0.39, 0.29) is 6.42 Å². The molecule has 0 bridgehead atoms. The van der Waals surface area contributed by atoms with Crippen molar-refractivity contribution < 1.29 is 27.9 Å². The van der Waals surface area contributed by atoms with Crippen molar-refractivity contribution in [1.29, 1.82) is 0 Å². The number of aliphatic carboxylic acids is 1. The Morgan fingerprint density at radius 3 is 2.47 bits per heavy atom. The zero-order valence-corrected chi connectivity index (χ0v) is 10.3. The third kappa shape index (κ3) is 4.82. The maximum absolute atomic E-state index is 12.1. The Morgan fingerprint density at radius 1 is 1.37 bits per heavy atom. The van der Waals surface area contributed by atoms with E-state index < -0.39 is 24.1 Å². The molecule has 1 aromatic carbocycles. The SMILES string of the molecule is O=C(O)C(Cc1cccc(S)c1)NC(=O)C(F)(F)F. The molecule has 0 spiro atoms. The number of thiol groups is 1. The van der Waals surface area contributed by atoms with Gasteiger partial charge in [0.15, 0.2) is 0 Å². The average Bonchev–Trinajstić information content (AvgIpc) is 2.26. The first-order valence-corrected chi connectivity index (χ1v) is 5.53. The van der Waals surface area contributed by atoms with Crippen LogP contribution in [0.15, 0.2) is 29.2 Å². The largest absolute Gasteiger partial charge is 0.480 e. The van der Waals surface area contributed by atoms with Crippen molar-refractivity contribution in [2.45, 2.75) is 23.5 Å². The van der Waals surface area contributed by atoms with Crippen molar-refractivity contribution in [3.05, 3.63) is 29.8 Å². The maximum Gasteiger partial charge on any atom is 0.471 e. The van der Waals surface area contributed by atoms with Crippen LogP contribution < -0.4 is 5.32 Å². The summed E-state index contributed by atoms with van der Waals surface area (Å²) in [6, 6.07) is 4.62. The number of benzene rings is 1. The van der Waals surface area contributed by atoms with Crippen molar-refractivity contribution in [1.82, 2.24) is 5.32 Å². The molecule has 4 nitrogen and oxygen atoms in total. The summed E-state index contributed by atoms with van der Waals surface area (Å²) in [6.07, 6.45) is -5.37. The highest BCUT2D eigenvalue weighted by Crippen LogP contribution is 2.16. The molecule has 104 valence electrons. The molecule has 0 aliphatic heterocycles. The summed E-state index contributed by atoms with van der Waals surface area (Å²) in [6.45, 7) is 0. The molecular formula is C11H10F3NO3S. The maximum atomic E-state index is 12.1. The van der Waals surface area contributed by atoms with Gasteiger partial charge in [0, 0.05) is 11.3 Å². The molecule has 2 N–H and O–H groups in total. The lowest BCUT2D eigenvalue weighted by molar-refractivity contribution is -0.175. The Bertz CT molecular complexity index is 490. The lowest BCUT2D eigenvalue weighted by Gasteiger charge is -2.15. The molecule has 0 fully saturated rings. The van der Waals surface area contributed by atoms with Crippen molar-refractivity contribution in [2.75, 3.05) is 0 Å². The highest BCUT2D eigenvalue weighted by atomic mass is 32.1. The van der Waals surface area contributed by atoms with Crippen LogP contribution in [0.2, 0.25) is 0 Å². The zero-order chi connectivity index (χ0) is 14.6. The third-order valence-corrected chi connectivity index (χ3v) is 2.49. The molecule has 8 heteroatoms. The number of hydrogen-bond acceptors (Lipinski definition) is 3. The minimum Gasteiger partial charge on any atom is -0.480 e. The molecule has 0 aliphatic rings. The van der Waals surface area contributed by atoms with Crippen LogP contribution in [0.1, 0.15) is 5.56 Å². The minimum absolute atomic E-state index is 0.258. The molecule has 1 aromatic rings. The smallest absolute Gasteiger partial charge is 0.471 e. The van der Waals surface area contributed by atoms with E-state index >= 15 is 0 Å². The van der Waals surface area contributed by atoms with Crippen molar-refractivity contribution in [3.8, 4) is 0 Å². The van der Waals surface area contributed by atoms with Crippen LogP contribution in [0, 0.1) is 0 Å². The minimum atomic E-state index is -5.11. The second-order valence-electron chi connectivity index (χ2n) is 3.74. The first-order chi connectivity index (χ1) is 8.70. The van der Waals surface area contributed by atoms with E-state index in [2.05, 4.69) is 12.6 Å². The summed E-state index contributed by atoms with van der Waals surface area (Å²) in [4.78, 5) is 22.1. The Hall–Kier alpha value is -1.70. The van der Waals surface area contributed by atoms with Gasteiger partial charge in [-0.05, 0) is 17.7 Å². The van der Waals surface area contributed by atoms with Crippen LogP contribution in [0.5, 0.6) is 0 Å². The molecule has 0 heterocycles. The molecular weight excluding hydrogens is 283 g/mol. The predicted octanol–water partition coefficient (Wildman–Crippen LogP) is 1.65. The lowest BCUT2D eigenvalue weighted by atomic mass is 10.1. The predicted molar refractivity (Wildman–Crippen MR) is 63.0 cm³/mol. The van der Waals surface area contributed by atoms with E-state index in [9.17, 15) is 22.8 Å². The van der Waals surface area contributed by atoms with Crippen LogP contribution >= 0.6 is 12.6 Å². The number of alkyl halides is 3. The third-order valence-electron chi connectivity index (χ3n) is 2.21. The van der Waals surface area contributed by atoms with Gasteiger partial charge in [0.2, 0.25) is 0 Å². The first-order valence-electron chi connectivity index (χ1n) is 5.08. The molecule has 19 heavy (non-hydrogen) atoms. The van der Waals surface area contributed by atoms with E-state index in [0.717, 1.165) is 0 Å². The number of rotatable bonds is 4. The van der Waals surface area contributed by atoms with E-state index in [4.69, 9.17) is 5.11 Å². The fourth-order valence-electron chi connectivity index (χ4n) is 1.36. The summed E-state index contributed by atoms with van der Waals surface area (Å²) in [5.41, 5.74) is 0.461. The van der Waals surface area contributed by atoms with E-state index in [1.807, 2.05) is 0 Å². The van der Waals surface area contributed by atoms with E-state index in [1.54, 1.807) is 12.1 Å². The van der Waals surface area contributed by atoms with E-state index in [0.29, 0.717) is 10.5 Å². The quantitative estimate of drug-likeness (QED) is 0.740. The fourth-order valence-corrected chi connectivity index (χ4v) is 1.61. The highest BCUT2D eigenvalue weighted by molar-refractivity contribution is 7.80. The molecule has 1 atom stereocenters. The van der Waals surface area contributed by atoms with Crippen LogP contribution in [0.4, 0.5) is 13.2 Å². The summed E-state index contributed by atoms with van der Waals surface area (Å²) in [5.74, 6) is -3.82. The van der Waals surface area contributed by atoms with Crippen LogP contribution in [0.3, 0.4) is 0 Å². The molecule has 0 aliphatic carbocycles. The fraction of sp³-hybridized carbons (Fsp3) is 0.273. The van der Waals surface area contributed by atoms with Crippen LogP contribution in [0.25, 0.3) is 0 Å². The highest BCUT2D eigenvalue weighted by Gasteiger charge is 2.40. The van der Waals surface area contributed by atoms with Gasteiger partial charge in [0.1, 0.15) is 6.04 Å². The number of carbonyl (C=O) groups excluding carboxylic acids is 1. The van der Waals surface area contributed by atoms with Gasteiger partial charge in [-0.3, -0.25) is 4.79 Å². The Morgan fingerprint density at radius 2 is 2.00 bits per heavy atom. The van der Waals surface area contributed by atoms with Gasteiger partial charge < -0.3 is 10.4 Å². The molecule has 1 unspecified atom stereocenters. The normalized spacial score (nSPS) is 12.8. The van der Waals surface area contributed by atoms with Crippen LogP contribution in [-0.2, 0) is 16.0 Å². The lowest BCUT2D eigenvalue weighted by Crippen LogP contribution is -2.47. The van der Waals surface area contributed by atoms with E-state index in [1.165, 1.54) is 17.4 Å². The Balaban J connectivity index is 2.80. The average molecular weight is 293 g/mol. The van der Waals surface area contributed by atoms with Crippen molar-refractivity contribution >= 4 is 24.5 Å². The molecule has 0 saturated heterocycles. The Kier molecular flexibility index (Phi) is 4.82. The zero-order valence-electron chi connectivity index (χ0n) is 9.44. The van der Waals surface area contributed by atoms with Crippen molar-refractivity contribution in [2.24, 2.45) is 0 Å². The second-order valence-corrected chi connectivity index (χ2v) is 4.25. The summed E-state index contributed by atoms with van der Waals surface area (Å²) in [5, 5.41) is 10.3. The van der Waals surface area contributed by atoms with Gasteiger partial charge in [0.05, 0.1) is 0 Å². The number of carbonyl (C=O) groups is 2. The summed E-state index contributed by atoms with van der Waals surface area (Å²) < 4.78 is 36.2. The van der Waals surface area contributed by atoms with Gasteiger partial charge in [-0.2, -0.15) is 13.2 Å². The molecule has 0 saturated carbocycles. The number of carboxylic acids is 1. The number of hydrogen-bond donors (Lipinski definition) is 3. The first kappa shape index (κ1) is 15.4. The van der Waals surface area contributed by atoms with Gasteiger partial charge in [-0.25, -0.2) is 4.79 Å². The topological polar surface area (TPSA) is 66.4 Å². The van der Waals surface area contributed by atoms with Gasteiger partial charge in [-0.15, -0.1) is 12.6 Å². The van der Waals surface area contributed by atoms with Gasteiger partial charge in [0.25, 0.3) is 0 Å². The van der Waals surface area contributed by atoms with Gasteiger partial charge in [-0.1, -0.05) is 12.1 Å². The molecule has 1 amide bonds. The van der Waals surface area contributed by atoms with Crippen LogP contribution in [-0.4, -0.2) is 29.2 Å². The summed E-state index contributed by atoms with van der Waals surface area (Å²) >= 11 is 4.03. The van der Waals surface area contributed by atoms with Gasteiger partial charge >= 0.3 is 18.1 Å². The monoisotopic (exact) mass is 293 g/mol. The number of amides is 1. The van der Waals surface area contributed by atoms with Crippen molar-refractivity contribution in [3.63, 3.8) is 0 Å². The number of halogens is 3. The second kappa shape index (κ2) is 5.96. The standard InChI is InChI=1S/C11H10F3NO3S/c12-11(13,14)10(18)15-8(9(16)17)5-6-2-1-3-7(19)4-6/h1-4,8,19H,5H2,(H,15,18)(H,16,17).